The van der Waals surface area contributed by atoms with Gasteiger partial charge < -0.3 is 10.1 Å². The molecule has 1 N–H and O–H groups in total. The highest BCUT2D eigenvalue weighted by Gasteiger charge is 2.17. The number of halogens is 1. The average Bonchev–Trinajstić information content (AvgIpc) is 3.00. The van der Waals surface area contributed by atoms with Gasteiger partial charge in [0.1, 0.15) is 22.6 Å². The number of nitriles is 1. The maximum atomic E-state index is 8.91. The van der Waals surface area contributed by atoms with E-state index in [-0.39, 0.29) is 0 Å². The number of ether oxygens (including phenoxy) is 1. The van der Waals surface area contributed by atoms with Gasteiger partial charge in [-0.25, -0.2) is 9.97 Å². The van der Waals surface area contributed by atoms with Crippen LogP contribution >= 0.6 is 11.6 Å². The monoisotopic (exact) mass is 398 g/mol. The second-order valence-electron chi connectivity index (χ2n) is 6.49. The Bertz CT molecular complexity index is 1020. The molecule has 0 amide bonds. The first-order valence-corrected chi connectivity index (χ1v) is 9.60. The molecule has 0 saturated heterocycles. The summed E-state index contributed by atoms with van der Waals surface area (Å²) in [4.78, 5) is 9.33. The number of hydrogen-bond acceptors (Lipinski definition) is 6. The minimum atomic E-state index is 0.377. The number of aromatic nitrogens is 4. The number of nitrogens with one attached hydrogen (secondary N) is 1. The average molecular weight is 399 g/mol. The van der Waals surface area contributed by atoms with Crippen LogP contribution < -0.4 is 10.1 Å². The van der Waals surface area contributed by atoms with Gasteiger partial charge in [-0.3, -0.25) is 4.68 Å². The molecule has 0 fully saturated rings. The van der Waals surface area contributed by atoms with Crippen LogP contribution in [0.1, 0.15) is 36.8 Å². The Labute approximate surface area is 169 Å². The molecule has 8 heteroatoms. The maximum absolute atomic E-state index is 8.91. The van der Waals surface area contributed by atoms with E-state index in [2.05, 4.69) is 33.4 Å². The molecule has 0 unspecified atom stereocenters. The van der Waals surface area contributed by atoms with E-state index in [1.807, 2.05) is 29.9 Å². The van der Waals surface area contributed by atoms with Crippen LogP contribution in [0, 0.1) is 11.3 Å². The molecule has 2 aromatic heterocycles. The number of hydrogen-bond donors (Lipinski definition) is 1. The predicted octanol–water partition coefficient (Wildman–Crippen LogP) is 4.05. The summed E-state index contributed by atoms with van der Waals surface area (Å²) in [5, 5.41) is 17.5. The first kappa shape index (κ1) is 19.9. The second kappa shape index (κ2) is 8.89. The van der Waals surface area contributed by atoms with E-state index in [1.165, 1.54) is 0 Å². The van der Waals surface area contributed by atoms with Crippen molar-refractivity contribution in [1.29, 1.82) is 5.26 Å². The summed E-state index contributed by atoms with van der Waals surface area (Å²) < 4.78 is 7.02. The third-order valence-corrected chi connectivity index (χ3v) is 4.72. The van der Waals surface area contributed by atoms with Gasteiger partial charge in [0.2, 0.25) is 0 Å². The van der Waals surface area contributed by atoms with Crippen LogP contribution in [0.4, 0.5) is 5.82 Å². The van der Waals surface area contributed by atoms with Crippen molar-refractivity contribution in [3.8, 4) is 11.8 Å². The standard InChI is InChI=1S/C20H23ClN6O/c1-4-6-15-18-19(27(2)26-15)20(25-17(24-18)7-5-10-22)23-12-13-8-9-16(28-3)14(21)11-13/h8-9,11H,4-7,12H2,1-3H3,(H,23,24,25). The van der Waals surface area contributed by atoms with E-state index in [0.29, 0.717) is 41.8 Å². The number of fused-ring (bicyclic) bond motifs is 1. The van der Waals surface area contributed by atoms with E-state index in [1.54, 1.807) is 7.11 Å². The molecule has 2 heterocycles. The van der Waals surface area contributed by atoms with E-state index < -0.39 is 0 Å². The maximum Gasteiger partial charge on any atom is 0.156 e. The molecule has 0 atom stereocenters. The molecule has 0 bridgehead atoms. The summed E-state index contributed by atoms with van der Waals surface area (Å²) >= 11 is 6.23. The lowest BCUT2D eigenvalue weighted by Crippen LogP contribution is -2.07. The molecule has 3 rings (SSSR count). The highest BCUT2D eigenvalue weighted by atomic mass is 35.5. The number of anilines is 1. The zero-order valence-electron chi connectivity index (χ0n) is 16.3. The molecule has 7 nitrogen and oxygen atoms in total. The SMILES string of the molecule is CCCc1nn(C)c2c(NCc3ccc(OC)c(Cl)c3)nc(CCC#N)nc12. The summed E-state index contributed by atoms with van der Waals surface area (Å²) in [7, 11) is 3.49. The first-order chi connectivity index (χ1) is 13.6. The fourth-order valence-electron chi connectivity index (χ4n) is 3.10. The molecule has 0 aliphatic heterocycles. The van der Waals surface area contributed by atoms with Gasteiger partial charge in [0.25, 0.3) is 0 Å². The third-order valence-electron chi connectivity index (χ3n) is 4.42. The fourth-order valence-corrected chi connectivity index (χ4v) is 3.38. The van der Waals surface area contributed by atoms with E-state index >= 15 is 0 Å². The van der Waals surface area contributed by atoms with E-state index in [0.717, 1.165) is 35.1 Å². The van der Waals surface area contributed by atoms with Gasteiger partial charge in [-0.2, -0.15) is 10.4 Å². The summed E-state index contributed by atoms with van der Waals surface area (Å²) in [5.74, 6) is 2.00. The number of rotatable bonds is 8. The first-order valence-electron chi connectivity index (χ1n) is 9.23. The van der Waals surface area contributed by atoms with Crippen LogP contribution in [0.2, 0.25) is 5.02 Å². The van der Waals surface area contributed by atoms with Crippen LogP contribution in [0.15, 0.2) is 18.2 Å². The quantitative estimate of drug-likeness (QED) is 0.615. The summed E-state index contributed by atoms with van der Waals surface area (Å²) in [6, 6.07) is 7.83. The summed E-state index contributed by atoms with van der Waals surface area (Å²) in [6.45, 7) is 2.66. The smallest absolute Gasteiger partial charge is 0.156 e. The van der Waals surface area contributed by atoms with Gasteiger partial charge in [0.15, 0.2) is 5.82 Å². The van der Waals surface area contributed by atoms with Crippen molar-refractivity contribution in [2.75, 3.05) is 12.4 Å². The molecule has 0 spiro atoms. The Morgan fingerprint density at radius 1 is 1.29 bits per heavy atom. The van der Waals surface area contributed by atoms with Gasteiger partial charge in [0, 0.05) is 26.4 Å². The van der Waals surface area contributed by atoms with Crippen LogP contribution in [-0.2, 0) is 26.4 Å². The minimum Gasteiger partial charge on any atom is -0.495 e. The highest BCUT2D eigenvalue weighted by Crippen LogP contribution is 2.27. The minimum absolute atomic E-state index is 0.377. The van der Waals surface area contributed by atoms with Crippen molar-refractivity contribution in [2.45, 2.75) is 39.2 Å². The Morgan fingerprint density at radius 2 is 2.11 bits per heavy atom. The molecule has 146 valence electrons. The van der Waals surface area contributed by atoms with Crippen molar-refractivity contribution in [3.05, 3.63) is 40.3 Å². The molecule has 0 radical (unpaired) electrons. The van der Waals surface area contributed by atoms with Gasteiger partial charge in [0.05, 0.1) is 23.9 Å². The highest BCUT2D eigenvalue weighted by molar-refractivity contribution is 6.32. The third kappa shape index (κ3) is 4.18. The van der Waals surface area contributed by atoms with Crippen molar-refractivity contribution in [1.82, 2.24) is 19.7 Å². The summed E-state index contributed by atoms with van der Waals surface area (Å²) in [5.41, 5.74) is 3.68. The molecular weight excluding hydrogens is 376 g/mol. The van der Waals surface area contributed by atoms with E-state index in [9.17, 15) is 0 Å². The van der Waals surface area contributed by atoms with Gasteiger partial charge in [-0.1, -0.05) is 31.0 Å². The van der Waals surface area contributed by atoms with Gasteiger partial charge in [-0.15, -0.1) is 0 Å². The normalized spacial score (nSPS) is 10.8. The number of methoxy groups -OCH3 is 1. The van der Waals surface area contributed by atoms with Crippen molar-refractivity contribution >= 4 is 28.5 Å². The van der Waals surface area contributed by atoms with Crippen LogP contribution in [0.25, 0.3) is 11.0 Å². The van der Waals surface area contributed by atoms with E-state index in [4.69, 9.17) is 21.6 Å². The molecule has 1 aromatic carbocycles. The number of nitrogens with zero attached hydrogens (tertiary/aromatic N) is 5. The zero-order chi connectivity index (χ0) is 20.1. The fraction of sp³-hybridized carbons (Fsp3) is 0.400. The molecule has 0 aliphatic carbocycles. The molecule has 0 saturated carbocycles. The van der Waals surface area contributed by atoms with Gasteiger partial charge in [-0.05, 0) is 24.1 Å². The molecule has 0 aliphatic rings. The number of benzene rings is 1. The summed E-state index contributed by atoms with van der Waals surface area (Å²) in [6.07, 6.45) is 2.72. The molecule has 28 heavy (non-hydrogen) atoms. The molecule has 3 aromatic rings. The Hall–Kier alpha value is -2.85. The van der Waals surface area contributed by atoms with Crippen molar-refractivity contribution in [3.63, 3.8) is 0 Å². The Morgan fingerprint density at radius 3 is 2.79 bits per heavy atom. The topological polar surface area (TPSA) is 88.6 Å². The van der Waals surface area contributed by atoms with Crippen LogP contribution in [0.3, 0.4) is 0 Å². The second-order valence-corrected chi connectivity index (χ2v) is 6.89. The predicted molar refractivity (Wildman–Crippen MR) is 110 cm³/mol. The zero-order valence-corrected chi connectivity index (χ0v) is 17.0. The Balaban J connectivity index is 1.96. The van der Waals surface area contributed by atoms with Crippen LogP contribution in [-0.4, -0.2) is 26.9 Å². The lowest BCUT2D eigenvalue weighted by atomic mass is 10.2. The largest absolute Gasteiger partial charge is 0.495 e. The lowest BCUT2D eigenvalue weighted by molar-refractivity contribution is 0.415. The number of aryl methyl sites for hydroxylation is 3. The van der Waals surface area contributed by atoms with Crippen LogP contribution in [0.5, 0.6) is 5.75 Å². The molecular formula is C20H23ClN6O. The lowest BCUT2D eigenvalue weighted by Gasteiger charge is -2.11. The Kier molecular flexibility index (Phi) is 6.32. The van der Waals surface area contributed by atoms with Crippen molar-refractivity contribution < 1.29 is 4.74 Å². The van der Waals surface area contributed by atoms with Gasteiger partial charge >= 0.3 is 0 Å². The van der Waals surface area contributed by atoms with Crippen molar-refractivity contribution in [2.24, 2.45) is 7.05 Å².